The van der Waals surface area contributed by atoms with E-state index in [2.05, 4.69) is 5.32 Å². The zero-order valence-corrected chi connectivity index (χ0v) is 14.8. The molecule has 0 saturated carbocycles. The summed E-state index contributed by atoms with van der Waals surface area (Å²) in [6, 6.07) is 20.9. The van der Waals surface area contributed by atoms with E-state index in [1.165, 1.54) is 0 Å². The van der Waals surface area contributed by atoms with Gasteiger partial charge < -0.3 is 10.1 Å². The first-order valence-electron chi connectivity index (χ1n) is 8.28. The van der Waals surface area contributed by atoms with Crippen LogP contribution < -0.4 is 19.6 Å². The summed E-state index contributed by atoms with van der Waals surface area (Å²) in [6.45, 7) is 0.367. The molecule has 1 N–H and O–H groups in total. The number of carbonyl (C=O) groups is 1. The summed E-state index contributed by atoms with van der Waals surface area (Å²) in [5.41, 5.74) is 3.32. The lowest BCUT2D eigenvalue weighted by Crippen LogP contribution is -2.45. The van der Waals surface area contributed by atoms with Gasteiger partial charge in [-0.2, -0.15) is 0 Å². The third kappa shape index (κ3) is 3.83. The summed E-state index contributed by atoms with van der Waals surface area (Å²) in [5.74, 6) is 0.628. The van der Waals surface area contributed by atoms with Crippen molar-refractivity contribution in [1.29, 1.82) is 0 Å². The SMILES string of the molecule is COc1ccccc1-c1cccc(C(=O)NCc2cccc[n+]2OC)c1. The summed E-state index contributed by atoms with van der Waals surface area (Å²) in [6.07, 6.45) is 1.80. The number of ether oxygens (including phenoxy) is 1. The number of amides is 1. The third-order valence-electron chi connectivity index (χ3n) is 4.07. The van der Waals surface area contributed by atoms with Crippen LogP contribution in [0.5, 0.6) is 5.75 Å². The molecule has 1 amide bonds. The highest BCUT2D eigenvalue weighted by Crippen LogP contribution is 2.29. The fourth-order valence-electron chi connectivity index (χ4n) is 2.76. The molecule has 0 radical (unpaired) electrons. The van der Waals surface area contributed by atoms with E-state index in [1.807, 2.05) is 60.7 Å². The Hall–Kier alpha value is -3.34. The second-order valence-electron chi connectivity index (χ2n) is 5.66. The Kier molecular flexibility index (Phi) is 5.49. The molecule has 0 aliphatic heterocycles. The molecule has 1 heterocycles. The number of nitrogens with zero attached hydrogens (tertiary/aromatic N) is 1. The highest BCUT2D eigenvalue weighted by Gasteiger charge is 2.14. The van der Waals surface area contributed by atoms with Crippen LogP contribution in [-0.2, 0) is 6.54 Å². The molecule has 0 bridgehead atoms. The number of pyridine rings is 1. The highest BCUT2D eigenvalue weighted by atomic mass is 16.6. The minimum absolute atomic E-state index is 0.145. The number of hydrogen-bond donors (Lipinski definition) is 1. The van der Waals surface area contributed by atoms with Crippen LogP contribution in [0.1, 0.15) is 16.1 Å². The van der Waals surface area contributed by atoms with Crippen molar-refractivity contribution in [3.63, 3.8) is 0 Å². The van der Waals surface area contributed by atoms with E-state index in [0.29, 0.717) is 12.1 Å². The summed E-state index contributed by atoms with van der Waals surface area (Å²) < 4.78 is 7.03. The number of nitrogens with one attached hydrogen (secondary N) is 1. The van der Waals surface area contributed by atoms with E-state index < -0.39 is 0 Å². The first-order valence-corrected chi connectivity index (χ1v) is 8.28. The molecule has 0 aliphatic carbocycles. The van der Waals surface area contributed by atoms with Crippen molar-refractivity contribution in [2.24, 2.45) is 0 Å². The standard InChI is InChI=1S/C21H20N2O3/c1-25-20-12-4-3-11-19(20)16-8-7-9-17(14-16)21(24)22-15-18-10-5-6-13-23(18)26-2/h3-14H,15H2,1-2H3/p+1. The molecule has 0 fully saturated rings. The molecule has 3 aromatic rings. The zero-order valence-electron chi connectivity index (χ0n) is 14.8. The normalized spacial score (nSPS) is 10.2. The summed E-state index contributed by atoms with van der Waals surface area (Å²) >= 11 is 0. The number of hydrogen-bond acceptors (Lipinski definition) is 3. The summed E-state index contributed by atoms with van der Waals surface area (Å²) in [5, 5.41) is 2.93. The van der Waals surface area contributed by atoms with Crippen molar-refractivity contribution in [1.82, 2.24) is 5.32 Å². The van der Waals surface area contributed by atoms with Crippen molar-refractivity contribution in [3.05, 3.63) is 84.2 Å². The maximum absolute atomic E-state index is 12.6. The van der Waals surface area contributed by atoms with Crippen molar-refractivity contribution in [3.8, 4) is 16.9 Å². The fraction of sp³-hybridized carbons (Fsp3) is 0.143. The molecule has 1 aromatic heterocycles. The Balaban J connectivity index is 1.78. The number of para-hydroxylation sites is 1. The third-order valence-corrected chi connectivity index (χ3v) is 4.07. The number of carbonyl (C=O) groups excluding carboxylic acids is 1. The van der Waals surface area contributed by atoms with Crippen LogP contribution in [0, 0.1) is 0 Å². The lowest BCUT2D eigenvalue weighted by molar-refractivity contribution is -0.890. The second-order valence-corrected chi connectivity index (χ2v) is 5.66. The highest BCUT2D eigenvalue weighted by molar-refractivity contribution is 5.95. The van der Waals surface area contributed by atoms with Gasteiger partial charge in [0.2, 0.25) is 6.20 Å². The largest absolute Gasteiger partial charge is 0.496 e. The molecule has 0 saturated heterocycles. The Morgan fingerprint density at radius 3 is 2.62 bits per heavy atom. The molecule has 0 atom stereocenters. The van der Waals surface area contributed by atoms with E-state index in [0.717, 1.165) is 22.6 Å². The Bertz CT molecular complexity index is 909. The smallest absolute Gasteiger partial charge is 0.253 e. The molecule has 26 heavy (non-hydrogen) atoms. The lowest BCUT2D eigenvalue weighted by atomic mass is 10.0. The molecule has 0 aliphatic rings. The lowest BCUT2D eigenvalue weighted by Gasteiger charge is -2.10. The molecule has 132 valence electrons. The number of aromatic nitrogens is 1. The maximum Gasteiger partial charge on any atom is 0.253 e. The van der Waals surface area contributed by atoms with Gasteiger partial charge in [0.15, 0.2) is 0 Å². The number of rotatable bonds is 6. The molecule has 0 unspecified atom stereocenters. The number of benzene rings is 2. The zero-order chi connectivity index (χ0) is 18.4. The van der Waals surface area contributed by atoms with Crippen LogP contribution >= 0.6 is 0 Å². The average molecular weight is 349 g/mol. The summed E-state index contributed by atoms with van der Waals surface area (Å²) in [7, 11) is 3.22. The Labute approximate surface area is 152 Å². The van der Waals surface area contributed by atoms with Crippen molar-refractivity contribution in [2.75, 3.05) is 14.2 Å². The van der Waals surface area contributed by atoms with Crippen molar-refractivity contribution >= 4 is 5.91 Å². The second kappa shape index (κ2) is 8.16. The van der Waals surface area contributed by atoms with Gasteiger partial charge in [0.05, 0.1) is 7.11 Å². The van der Waals surface area contributed by atoms with Gasteiger partial charge in [-0.3, -0.25) is 9.63 Å². The molecule has 5 nitrogen and oxygen atoms in total. The molecular formula is C21H21N2O3+. The van der Waals surface area contributed by atoms with Gasteiger partial charge in [0.25, 0.3) is 11.6 Å². The fourth-order valence-corrected chi connectivity index (χ4v) is 2.76. The molecule has 5 heteroatoms. The number of methoxy groups -OCH3 is 1. The van der Waals surface area contributed by atoms with Gasteiger partial charge in [-0.15, -0.1) is 0 Å². The van der Waals surface area contributed by atoms with Crippen LogP contribution in [0.25, 0.3) is 11.1 Å². The average Bonchev–Trinajstić information content (AvgIpc) is 2.72. The van der Waals surface area contributed by atoms with E-state index >= 15 is 0 Å². The monoisotopic (exact) mass is 349 g/mol. The molecule has 0 spiro atoms. The van der Waals surface area contributed by atoms with E-state index in [-0.39, 0.29) is 5.91 Å². The van der Waals surface area contributed by atoms with Crippen LogP contribution in [0.3, 0.4) is 0 Å². The van der Waals surface area contributed by atoms with E-state index in [4.69, 9.17) is 9.57 Å². The van der Waals surface area contributed by atoms with Gasteiger partial charge in [-0.1, -0.05) is 30.3 Å². The minimum Gasteiger partial charge on any atom is -0.496 e. The molecule has 2 aromatic carbocycles. The predicted octanol–water partition coefficient (Wildman–Crippen LogP) is 2.64. The van der Waals surface area contributed by atoms with Gasteiger partial charge in [-0.25, -0.2) is 0 Å². The van der Waals surface area contributed by atoms with Crippen LogP contribution in [-0.4, -0.2) is 20.1 Å². The minimum atomic E-state index is -0.145. The van der Waals surface area contributed by atoms with Crippen LogP contribution in [0.2, 0.25) is 0 Å². The quantitative estimate of drug-likeness (QED) is 0.696. The van der Waals surface area contributed by atoms with E-state index in [1.54, 1.807) is 31.2 Å². The molecular weight excluding hydrogens is 328 g/mol. The van der Waals surface area contributed by atoms with Gasteiger partial charge in [0, 0.05) is 28.0 Å². The predicted molar refractivity (Wildman–Crippen MR) is 98.7 cm³/mol. The van der Waals surface area contributed by atoms with Crippen LogP contribution in [0.4, 0.5) is 0 Å². The van der Waals surface area contributed by atoms with Crippen molar-refractivity contribution in [2.45, 2.75) is 6.54 Å². The van der Waals surface area contributed by atoms with Crippen LogP contribution in [0.15, 0.2) is 72.9 Å². The van der Waals surface area contributed by atoms with Gasteiger partial charge >= 0.3 is 0 Å². The van der Waals surface area contributed by atoms with E-state index in [9.17, 15) is 4.79 Å². The maximum atomic E-state index is 12.6. The molecule has 3 rings (SSSR count). The van der Waals surface area contributed by atoms with Gasteiger partial charge in [0.1, 0.15) is 19.4 Å². The first-order chi connectivity index (χ1) is 12.7. The van der Waals surface area contributed by atoms with Crippen molar-refractivity contribution < 1.29 is 19.1 Å². The topological polar surface area (TPSA) is 51.4 Å². The summed E-state index contributed by atoms with van der Waals surface area (Å²) in [4.78, 5) is 17.8. The first kappa shape index (κ1) is 17.5. The van der Waals surface area contributed by atoms with Gasteiger partial charge in [-0.05, 0) is 29.8 Å². The Morgan fingerprint density at radius 2 is 1.81 bits per heavy atom. The Morgan fingerprint density at radius 1 is 1.00 bits per heavy atom.